The van der Waals surface area contributed by atoms with Crippen molar-refractivity contribution in [1.29, 1.82) is 0 Å². The molecule has 96 valence electrons. The molecule has 2 heterocycles. The Bertz CT molecular complexity index is 498. The van der Waals surface area contributed by atoms with E-state index in [0.717, 1.165) is 0 Å². The molecule has 0 spiro atoms. The van der Waals surface area contributed by atoms with Crippen LogP contribution in [0.2, 0.25) is 0 Å². The Labute approximate surface area is 99.8 Å². The Morgan fingerprint density at radius 1 is 1.59 bits per heavy atom. The molecule has 8 heteroatoms. The Hall–Kier alpha value is -0.990. The predicted octanol–water partition coefficient (Wildman–Crippen LogP) is -1.38. The first-order chi connectivity index (χ1) is 7.89. The van der Waals surface area contributed by atoms with Gasteiger partial charge in [0.25, 0.3) is 0 Å². The topological polar surface area (TPSA) is 97.1 Å². The third kappa shape index (κ3) is 2.64. The molecule has 1 aromatic heterocycles. The largest absolute Gasteiger partial charge is 0.390 e. The molecule has 1 saturated heterocycles. The number of aliphatic hydroxyl groups excluding tert-OH is 1. The van der Waals surface area contributed by atoms with E-state index < -0.39 is 22.0 Å². The summed E-state index contributed by atoms with van der Waals surface area (Å²) in [6, 6.07) is -0.595. The number of nitrogens with zero attached hydrogens (tertiary/aromatic N) is 3. The monoisotopic (exact) mass is 260 g/mol. The summed E-state index contributed by atoms with van der Waals surface area (Å²) in [6.45, 7) is 1.86. The second kappa shape index (κ2) is 4.35. The van der Waals surface area contributed by atoms with Crippen molar-refractivity contribution in [2.75, 3.05) is 11.5 Å². The van der Waals surface area contributed by atoms with Crippen molar-refractivity contribution in [3.63, 3.8) is 0 Å². The number of rotatable bonds is 3. The summed E-state index contributed by atoms with van der Waals surface area (Å²) >= 11 is 0. The third-order valence-corrected chi connectivity index (χ3v) is 4.64. The highest BCUT2D eigenvalue weighted by Crippen LogP contribution is 2.16. The van der Waals surface area contributed by atoms with Crippen LogP contribution in [0.5, 0.6) is 0 Å². The fourth-order valence-electron chi connectivity index (χ4n) is 2.07. The number of hydrogen-bond acceptors (Lipinski definition) is 6. The van der Waals surface area contributed by atoms with Crippen molar-refractivity contribution in [2.24, 2.45) is 7.05 Å². The van der Waals surface area contributed by atoms with E-state index >= 15 is 0 Å². The minimum Gasteiger partial charge on any atom is -0.390 e. The summed E-state index contributed by atoms with van der Waals surface area (Å²) in [5, 5.41) is 20.4. The van der Waals surface area contributed by atoms with Crippen molar-refractivity contribution in [1.82, 2.24) is 20.1 Å². The molecule has 0 bridgehead atoms. The molecule has 0 saturated carbocycles. The molecule has 3 unspecified atom stereocenters. The molecule has 3 atom stereocenters. The van der Waals surface area contributed by atoms with Crippen molar-refractivity contribution in [3.8, 4) is 0 Å². The van der Waals surface area contributed by atoms with E-state index in [9.17, 15) is 13.5 Å². The first-order valence-corrected chi connectivity index (χ1v) is 7.19. The molecular formula is C9H16N4O3S. The molecule has 17 heavy (non-hydrogen) atoms. The zero-order valence-electron chi connectivity index (χ0n) is 9.74. The predicted molar refractivity (Wildman–Crippen MR) is 61.0 cm³/mol. The van der Waals surface area contributed by atoms with Gasteiger partial charge in [0.1, 0.15) is 12.2 Å². The zero-order valence-corrected chi connectivity index (χ0v) is 10.6. The van der Waals surface area contributed by atoms with Crippen LogP contribution in [-0.2, 0) is 16.9 Å². The van der Waals surface area contributed by atoms with Gasteiger partial charge in [-0.2, -0.15) is 0 Å². The minimum atomic E-state index is -3.12. The van der Waals surface area contributed by atoms with E-state index in [2.05, 4.69) is 15.5 Å². The average molecular weight is 260 g/mol. The van der Waals surface area contributed by atoms with Gasteiger partial charge < -0.3 is 15.0 Å². The summed E-state index contributed by atoms with van der Waals surface area (Å²) in [6.07, 6.45) is 0.727. The Morgan fingerprint density at radius 3 is 2.76 bits per heavy atom. The van der Waals surface area contributed by atoms with Crippen molar-refractivity contribution >= 4 is 9.84 Å². The lowest BCUT2D eigenvalue weighted by Crippen LogP contribution is -2.40. The Morgan fingerprint density at radius 2 is 2.29 bits per heavy atom. The van der Waals surface area contributed by atoms with E-state index in [4.69, 9.17) is 0 Å². The lowest BCUT2D eigenvalue weighted by molar-refractivity contribution is 0.159. The summed E-state index contributed by atoms with van der Waals surface area (Å²) in [5.74, 6) is 0.508. The van der Waals surface area contributed by atoms with Crippen molar-refractivity contribution < 1.29 is 13.5 Å². The van der Waals surface area contributed by atoms with Crippen LogP contribution in [0.1, 0.15) is 18.8 Å². The molecule has 1 aliphatic heterocycles. The summed E-state index contributed by atoms with van der Waals surface area (Å²) < 4.78 is 24.5. The normalized spacial score (nSPS) is 29.4. The number of sulfone groups is 1. The summed E-state index contributed by atoms with van der Waals surface area (Å²) in [5.41, 5.74) is 0. The number of nitrogens with one attached hydrogen (secondary N) is 1. The van der Waals surface area contributed by atoms with E-state index in [1.807, 2.05) is 14.0 Å². The van der Waals surface area contributed by atoms with Crippen LogP contribution in [-0.4, -0.2) is 51.9 Å². The molecular weight excluding hydrogens is 244 g/mol. The zero-order chi connectivity index (χ0) is 12.6. The van der Waals surface area contributed by atoms with Crippen LogP contribution in [0.15, 0.2) is 6.33 Å². The molecule has 7 nitrogen and oxygen atoms in total. The minimum absolute atomic E-state index is 0.0314. The highest BCUT2D eigenvalue weighted by Gasteiger charge is 2.37. The molecule has 2 N–H and O–H groups in total. The summed E-state index contributed by atoms with van der Waals surface area (Å²) in [7, 11) is -1.31. The van der Waals surface area contributed by atoms with Crippen molar-refractivity contribution in [2.45, 2.75) is 25.1 Å². The van der Waals surface area contributed by atoms with Crippen LogP contribution in [0.25, 0.3) is 0 Å². The van der Waals surface area contributed by atoms with Gasteiger partial charge in [0.2, 0.25) is 0 Å². The number of hydrogen-bond donors (Lipinski definition) is 2. The van der Waals surface area contributed by atoms with Gasteiger partial charge in [-0.25, -0.2) is 8.42 Å². The molecule has 1 fully saturated rings. The lowest BCUT2D eigenvalue weighted by Gasteiger charge is -2.20. The fraction of sp³-hybridized carbons (Fsp3) is 0.778. The fourth-order valence-corrected chi connectivity index (χ4v) is 3.82. The molecule has 0 aromatic carbocycles. The van der Waals surface area contributed by atoms with E-state index in [0.29, 0.717) is 5.82 Å². The number of aliphatic hydroxyl groups is 1. The van der Waals surface area contributed by atoms with E-state index in [1.165, 1.54) is 0 Å². The molecule has 1 aliphatic rings. The summed E-state index contributed by atoms with van der Waals surface area (Å²) in [4.78, 5) is 0. The Kier molecular flexibility index (Phi) is 3.19. The average Bonchev–Trinajstić information content (AvgIpc) is 2.71. The van der Waals surface area contributed by atoms with Gasteiger partial charge in [0, 0.05) is 13.1 Å². The second-order valence-electron chi connectivity index (χ2n) is 4.44. The second-order valence-corrected chi connectivity index (χ2v) is 6.59. The first-order valence-electron chi connectivity index (χ1n) is 5.37. The lowest BCUT2D eigenvalue weighted by atomic mass is 10.2. The van der Waals surface area contributed by atoms with Crippen LogP contribution in [0.4, 0.5) is 0 Å². The highest BCUT2D eigenvalue weighted by atomic mass is 32.2. The standard InChI is InChI=1S/C9H16N4O3S/c1-6(9-12-10-5-13(9)2)11-7-3-17(15,16)4-8(7)14/h5-8,11,14H,3-4H2,1-2H3. The van der Waals surface area contributed by atoms with Gasteiger partial charge in [-0.3, -0.25) is 0 Å². The van der Waals surface area contributed by atoms with Gasteiger partial charge in [-0.05, 0) is 6.92 Å². The van der Waals surface area contributed by atoms with Crippen molar-refractivity contribution in [3.05, 3.63) is 12.2 Å². The molecule has 0 aliphatic carbocycles. The van der Waals surface area contributed by atoms with Crippen LogP contribution in [0, 0.1) is 0 Å². The quantitative estimate of drug-likeness (QED) is 0.695. The van der Waals surface area contributed by atoms with Gasteiger partial charge in [-0.15, -0.1) is 10.2 Å². The highest BCUT2D eigenvalue weighted by molar-refractivity contribution is 7.91. The SMILES string of the molecule is CC(NC1CS(=O)(=O)CC1O)c1nncn1C. The van der Waals surface area contributed by atoms with Crippen LogP contribution in [0.3, 0.4) is 0 Å². The maximum absolute atomic E-state index is 11.4. The Balaban J connectivity index is 2.05. The molecule has 0 radical (unpaired) electrons. The van der Waals surface area contributed by atoms with Gasteiger partial charge in [0.15, 0.2) is 9.84 Å². The van der Waals surface area contributed by atoms with Gasteiger partial charge >= 0.3 is 0 Å². The first kappa shape index (κ1) is 12.5. The smallest absolute Gasteiger partial charge is 0.154 e. The van der Waals surface area contributed by atoms with E-state index in [-0.39, 0.29) is 17.5 Å². The number of aromatic nitrogens is 3. The van der Waals surface area contributed by atoms with Gasteiger partial charge in [-0.1, -0.05) is 0 Å². The van der Waals surface area contributed by atoms with E-state index in [1.54, 1.807) is 10.9 Å². The van der Waals surface area contributed by atoms with Crippen LogP contribution >= 0.6 is 0 Å². The molecule has 1 aromatic rings. The maximum atomic E-state index is 11.4. The van der Waals surface area contributed by atoms with Gasteiger partial charge in [0.05, 0.1) is 23.7 Å². The maximum Gasteiger partial charge on any atom is 0.154 e. The third-order valence-electron chi connectivity index (χ3n) is 2.92. The molecule has 0 amide bonds. The molecule has 2 rings (SSSR count). The van der Waals surface area contributed by atoms with Crippen LogP contribution < -0.4 is 5.32 Å². The number of aryl methyl sites for hydroxylation is 1.